The summed E-state index contributed by atoms with van der Waals surface area (Å²) in [6.07, 6.45) is 4.94. The highest BCUT2D eigenvalue weighted by Crippen LogP contribution is 2.48. The first-order valence-electron chi connectivity index (χ1n) is 5.86. The second-order valence-corrected chi connectivity index (χ2v) is 5.72. The highest BCUT2D eigenvalue weighted by atomic mass is 79.9. The Morgan fingerprint density at radius 1 is 1.31 bits per heavy atom. The molecule has 1 aromatic carbocycles. The third kappa shape index (κ3) is 1.57. The van der Waals surface area contributed by atoms with Crippen LogP contribution in [0.25, 0.3) is 0 Å². The summed E-state index contributed by atoms with van der Waals surface area (Å²) >= 11 is 3.48. The molecule has 1 aliphatic heterocycles. The van der Waals surface area contributed by atoms with Gasteiger partial charge in [-0.3, -0.25) is 0 Å². The molecule has 86 valence electrons. The second kappa shape index (κ2) is 3.74. The SMILES string of the molecule is OC1CC2(CCCC2)Oc2cccc(Br)c21. The van der Waals surface area contributed by atoms with Crippen molar-refractivity contribution in [3.05, 3.63) is 28.2 Å². The summed E-state index contributed by atoms with van der Waals surface area (Å²) in [5.74, 6) is 0.857. The third-order valence-corrected chi connectivity index (χ3v) is 4.44. The molecule has 1 saturated carbocycles. The molecule has 0 aromatic heterocycles. The quantitative estimate of drug-likeness (QED) is 0.788. The number of hydrogen-bond acceptors (Lipinski definition) is 2. The van der Waals surface area contributed by atoms with E-state index in [4.69, 9.17) is 4.74 Å². The molecule has 1 atom stereocenters. The summed E-state index contributed by atoms with van der Waals surface area (Å²) in [5, 5.41) is 10.3. The Kier molecular flexibility index (Phi) is 2.48. The molecule has 0 amide bonds. The van der Waals surface area contributed by atoms with Gasteiger partial charge in [-0.15, -0.1) is 0 Å². The minimum atomic E-state index is -0.391. The summed E-state index contributed by atoms with van der Waals surface area (Å²) in [4.78, 5) is 0. The van der Waals surface area contributed by atoms with Gasteiger partial charge in [-0.1, -0.05) is 22.0 Å². The van der Waals surface area contributed by atoms with Crippen LogP contribution in [0.1, 0.15) is 43.8 Å². The Morgan fingerprint density at radius 2 is 2.06 bits per heavy atom. The zero-order chi connectivity index (χ0) is 11.2. The molecule has 3 heteroatoms. The fraction of sp³-hybridized carbons (Fsp3) is 0.538. The van der Waals surface area contributed by atoms with E-state index in [0.29, 0.717) is 0 Å². The number of fused-ring (bicyclic) bond motifs is 1. The maximum atomic E-state index is 10.3. The van der Waals surface area contributed by atoms with Gasteiger partial charge in [0.05, 0.1) is 6.10 Å². The molecule has 1 aromatic rings. The molecule has 1 fully saturated rings. The first-order valence-corrected chi connectivity index (χ1v) is 6.65. The zero-order valence-corrected chi connectivity index (χ0v) is 10.7. The van der Waals surface area contributed by atoms with Crippen LogP contribution in [0.2, 0.25) is 0 Å². The number of halogens is 1. The van der Waals surface area contributed by atoms with Gasteiger partial charge in [-0.25, -0.2) is 0 Å². The van der Waals surface area contributed by atoms with Gasteiger partial charge in [0, 0.05) is 16.5 Å². The molecular formula is C13H15BrO2. The minimum absolute atomic E-state index is 0.0901. The second-order valence-electron chi connectivity index (χ2n) is 4.86. The smallest absolute Gasteiger partial charge is 0.127 e. The van der Waals surface area contributed by atoms with Crippen LogP contribution in [0.5, 0.6) is 5.75 Å². The van der Waals surface area contributed by atoms with Gasteiger partial charge < -0.3 is 9.84 Å². The van der Waals surface area contributed by atoms with Crippen LogP contribution in [0.3, 0.4) is 0 Å². The van der Waals surface area contributed by atoms with E-state index in [-0.39, 0.29) is 5.60 Å². The molecule has 1 unspecified atom stereocenters. The van der Waals surface area contributed by atoms with Gasteiger partial charge in [-0.2, -0.15) is 0 Å². The third-order valence-electron chi connectivity index (χ3n) is 3.75. The average molecular weight is 283 g/mol. The van der Waals surface area contributed by atoms with Gasteiger partial charge in [0.25, 0.3) is 0 Å². The molecule has 1 aliphatic carbocycles. The summed E-state index contributed by atoms with van der Waals surface area (Å²) in [6, 6.07) is 5.88. The topological polar surface area (TPSA) is 29.5 Å². The van der Waals surface area contributed by atoms with Gasteiger partial charge in [0.2, 0.25) is 0 Å². The molecule has 0 saturated heterocycles. The molecule has 2 nitrogen and oxygen atoms in total. The van der Waals surface area contributed by atoms with E-state index in [1.54, 1.807) is 0 Å². The van der Waals surface area contributed by atoms with E-state index in [2.05, 4.69) is 15.9 Å². The Hall–Kier alpha value is -0.540. The maximum absolute atomic E-state index is 10.3. The van der Waals surface area contributed by atoms with E-state index in [0.717, 1.165) is 35.0 Å². The van der Waals surface area contributed by atoms with Crippen molar-refractivity contribution in [2.45, 2.75) is 43.8 Å². The summed E-state index contributed by atoms with van der Waals surface area (Å²) in [5.41, 5.74) is 0.827. The molecule has 0 bridgehead atoms. The summed E-state index contributed by atoms with van der Waals surface area (Å²) in [7, 11) is 0. The monoisotopic (exact) mass is 282 g/mol. The lowest BCUT2D eigenvalue weighted by molar-refractivity contribution is -0.00980. The largest absolute Gasteiger partial charge is 0.487 e. The predicted molar refractivity (Wildman–Crippen MR) is 65.5 cm³/mol. The standard InChI is InChI=1S/C13H15BrO2/c14-9-4-3-5-11-12(9)10(15)8-13(16-11)6-1-2-7-13/h3-5,10,15H,1-2,6-8H2. The van der Waals surface area contributed by atoms with E-state index in [1.807, 2.05) is 18.2 Å². The van der Waals surface area contributed by atoms with Crippen LogP contribution in [0.4, 0.5) is 0 Å². The van der Waals surface area contributed by atoms with Gasteiger partial charge in [-0.05, 0) is 37.8 Å². The lowest BCUT2D eigenvalue weighted by Gasteiger charge is -2.38. The molecule has 2 aliphatic rings. The van der Waals surface area contributed by atoms with Gasteiger partial charge in [0.15, 0.2) is 0 Å². The van der Waals surface area contributed by atoms with Crippen molar-refractivity contribution in [1.82, 2.24) is 0 Å². The van der Waals surface area contributed by atoms with E-state index in [1.165, 1.54) is 12.8 Å². The van der Waals surface area contributed by atoms with Crippen LogP contribution in [0, 0.1) is 0 Å². The van der Waals surface area contributed by atoms with E-state index >= 15 is 0 Å². The van der Waals surface area contributed by atoms with Crippen molar-refractivity contribution < 1.29 is 9.84 Å². The normalized spacial score (nSPS) is 26.5. The van der Waals surface area contributed by atoms with E-state index in [9.17, 15) is 5.11 Å². The maximum Gasteiger partial charge on any atom is 0.127 e. The summed E-state index contributed by atoms with van der Waals surface area (Å²) in [6.45, 7) is 0. The number of hydrogen-bond donors (Lipinski definition) is 1. The fourth-order valence-electron chi connectivity index (χ4n) is 2.98. The minimum Gasteiger partial charge on any atom is -0.487 e. The van der Waals surface area contributed by atoms with Crippen LogP contribution in [-0.4, -0.2) is 10.7 Å². The molecule has 16 heavy (non-hydrogen) atoms. The van der Waals surface area contributed by atoms with Crippen LogP contribution in [-0.2, 0) is 0 Å². The lowest BCUT2D eigenvalue weighted by atomic mass is 9.87. The fourth-order valence-corrected chi connectivity index (χ4v) is 3.60. The predicted octanol–water partition coefficient (Wildman–Crippen LogP) is 3.58. The van der Waals surface area contributed by atoms with Gasteiger partial charge >= 0.3 is 0 Å². The van der Waals surface area contributed by atoms with Crippen LogP contribution in [0.15, 0.2) is 22.7 Å². The molecule has 1 spiro atoms. The number of ether oxygens (including phenoxy) is 1. The number of rotatable bonds is 0. The molecule has 3 rings (SSSR count). The van der Waals surface area contributed by atoms with Crippen LogP contribution < -0.4 is 4.74 Å². The first-order chi connectivity index (χ1) is 7.70. The average Bonchev–Trinajstić information content (AvgIpc) is 2.65. The van der Waals surface area contributed by atoms with Crippen molar-refractivity contribution in [3.63, 3.8) is 0 Å². The number of aliphatic hydroxyl groups is 1. The Morgan fingerprint density at radius 3 is 2.81 bits per heavy atom. The van der Waals surface area contributed by atoms with Crippen molar-refractivity contribution in [1.29, 1.82) is 0 Å². The Bertz CT molecular complexity index is 410. The van der Waals surface area contributed by atoms with Crippen molar-refractivity contribution in [3.8, 4) is 5.75 Å². The highest BCUT2D eigenvalue weighted by molar-refractivity contribution is 9.10. The lowest BCUT2D eigenvalue weighted by Crippen LogP contribution is -2.38. The van der Waals surface area contributed by atoms with Crippen LogP contribution >= 0.6 is 15.9 Å². The Balaban J connectivity index is 2.02. The Labute approximate surface area is 104 Å². The van der Waals surface area contributed by atoms with Gasteiger partial charge in [0.1, 0.15) is 11.4 Å². The van der Waals surface area contributed by atoms with Crippen molar-refractivity contribution >= 4 is 15.9 Å². The highest BCUT2D eigenvalue weighted by Gasteiger charge is 2.43. The summed E-state index contributed by atoms with van der Waals surface area (Å²) < 4.78 is 7.09. The van der Waals surface area contributed by atoms with Crippen molar-refractivity contribution in [2.75, 3.05) is 0 Å². The molecular weight excluding hydrogens is 268 g/mol. The zero-order valence-electron chi connectivity index (χ0n) is 9.08. The first kappa shape index (κ1) is 10.6. The number of aliphatic hydroxyl groups excluding tert-OH is 1. The van der Waals surface area contributed by atoms with Crippen molar-refractivity contribution in [2.24, 2.45) is 0 Å². The molecule has 1 heterocycles. The van der Waals surface area contributed by atoms with E-state index < -0.39 is 6.10 Å². The number of benzene rings is 1. The molecule has 1 N–H and O–H groups in total. The molecule has 0 radical (unpaired) electrons.